The van der Waals surface area contributed by atoms with Crippen molar-refractivity contribution in [3.63, 3.8) is 0 Å². The SMILES string of the molecule is CCCCc1nc2c(N)nc3ccccc3c2n1CC1CCN(Cc2ccc(CC(=O)NCC3CCCCCCCCC(N)C3)cc2)CC1. The minimum absolute atomic E-state index is 0.119. The molecule has 1 saturated heterocycles. The highest BCUT2D eigenvalue weighted by Gasteiger charge is 2.24. The Balaban J connectivity index is 0.994. The number of carbonyl (C=O) groups excluding carboxylic acids is 1. The van der Waals surface area contributed by atoms with Gasteiger partial charge in [-0.05, 0) is 80.6 Å². The summed E-state index contributed by atoms with van der Waals surface area (Å²) in [6.07, 6.45) is 17.1. The van der Waals surface area contributed by atoms with E-state index in [9.17, 15) is 4.79 Å². The quantitative estimate of drug-likeness (QED) is 0.152. The van der Waals surface area contributed by atoms with Gasteiger partial charge in [-0.25, -0.2) is 9.97 Å². The number of rotatable bonds is 11. The molecule has 1 aliphatic heterocycles. The van der Waals surface area contributed by atoms with Crippen LogP contribution in [0.25, 0.3) is 21.9 Å². The molecule has 8 nitrogen and oxygen atoms in total. The van der Waals surface area contributed by atoms with Gasteiger partial charge >= 0.3 is 0 Å². The molecule has 1 aliphatic carbocycles. The number of likely N-dealkylation sites (tertiary alicyclic amines) is 1. The van der Waals surface area contributed by atoms with Crippen LogP contribution in [0.15, 0.2) is 48.5 Å². The number of nitrogens with zero attached hydrogens (tertiary/aromatic N) is 4. The van der Waals surface area contributed by atoms with Gasteiger partial charge in [0.25, 0.3) is 0 Å². The average molecular weight is 666 g/mol. The fraction of sp³-hybridized carbons (Fsp3) is 0.585. The lowest BCUT2D eigenvalue weighted by Crippen LogP contribution is -2.34. The summed E-state index contributed by atoms with van der Waals surface area (Å²) >= 11 is 0. The number of benzene rings is 2. The summed E-state index contributed by atoms with van der Waals surface area (Å²) in [5, 5.41) is 4.38. The molecule has 2 aromatic heterocycles. The molecule has 2 unspecified atom stereocenters. The zero-order valence-electron chi connectivity index (χ0n) is 29.8. The van der Waals surface area contributed by atoms with E-state index in [2.05, 4.69) is 63.1 Å². The Hall–Kier alpha value is -3.49. The Bertz CT molecular complexity index is 1640. The number of pyridine rings is 1. The van der Waals surface area contributed by atoms with Crippen LogP contribution in [-0.4, -0.2) is 51.0 Å². The summed E-state index contributed by atoms with van der Waals surface area (Å²) in [6, 6.07) is 17.3. The minimum atomic E-state index is 0.119. The van der Waals surface area contributed by atoms with Crippen LogP contribution in [0.5, 0.6) is 0 Å². The standard InChI is InChI=1S/C41H59N7O/c1-2-3-16-37-46-39-40(35-14-10-11-15-36(35)45-41(39)43)48(37)29-32-21-23-47(24-22-32)28-31-19-17-30(18-20-31)26-38(49)44-27-33-12-8-6-4-5-7-9-13-34(42)25-33/h10-11,14-15,17-20,32-34H,2-9,12-13,16,21-29,42H2,1H3,(H2,43,45)(H,44,49). The third kappa shape index (κ3) is 9.61. The van der Waals surface area contributed by atoms with E-state index in [1.807, 2.05) is 12.1 Å². The van der Waals surface area contributed by atoms with Gasteiger partial charge in [-0.3, -0.25) is 9.69 Å². The summed E-state index contributed by atoms with van der Waals surface area (Å²) in [6.45, 7) is 7.07. The Kier molecular flexibility index (Phi) is 12.6. The number of hydrogen-bond donors (Lipinski definition) is 3. The van der Waals surface area contributed by atoms with E-state index in [-0.39, 0.29) is 11.9 Å². The van der Waals surface area contributed by atoms with E-state index in [1.54, 1.807) is 0 Å². The maximum atomic E-state index is 12.9. The number of amides is 1. The van der Waals surface area contributed by atoms with E-state index in [0.717, 1.165) is 111 Å². The van der Waals surface area contributed by atoms with Crippen LogP contribution in [0.2, 0.25) is 0 Å². The average Bonchev–Trinajstić information content (AvgIpc) is 3.45. The first-order valence-corrected chi connectivity index (χ1v) is 19.3. The fourth-order valence-electron chi connectivity index (χ4n) is 8.14. The van der Waals surface area contributed by atoms with Gasteiger partial charge in [-0.2, -0.15) is 0 Å². The second-order valence-electron chi connectivity index (χ2n) is 15.0. The lowest BCUT2D eigenvalue weighted by molar-refractivity contribution is -0.120. The number of aryl methyl sites for hydroxylation is 1. The van der Waals surface area contributed by atoms with E-state index >= 15 is 0 Å². The molecule has 2 aromatic carbocycles. The summed E-state index contributed by atoms with van der Waals surface area (Å²) in [5.41, 5.74) is 18.2. The van der Waals surface area contributed by atoms with Crippen LogP contribution in [-0.2, 0) is 30.7 Å². The van der Waals surface area contributed by atoms with Crippen LogP contribution in [0.1, 0.15) is 107 Å². The molecule has 1 amide bonds. The number of hydrogen-bond acceptors (Lipinski definition) is 6. The second-order valence-corrected chi connectivity index (χ2v) is 15.0. The molecule has 8 heteroatoms. The largest absolute Gasteiger partial charge is 0.382 e. The number of nitrogens with one attached hydrogen (secondary N) is 1. The number of nitrogen functional groups attached to an aromatic ring is 1. The summed E-state index contributed by atoms with van der Waals surface area (Å²) < 4.78 is 2.47. The molecule has 6 rings (SSSR count). The lowest BCUT2D eigenvalue weighted by atomic mass is 9.92. The highest BCUT2D eigenvalue weighted by Crippen LogP contribution is 2.32. The van der Waals surface area contributed by atoms with E-state index in [1.165, 1.54) is 50.5 Å². The Morgan fingerprint density at radius 3 is 2.37 bits per heavy atom. The first kappa shape index (κ1) is 35.3. The van der Waals surface area contributed by atoms with Gasteiger partial charge in [-0.1, -0.05) is 94.3 Å². The summed E-state index contributed by atoms with van der Waals surface area (Å²) in [7, 11) is 0. The highest BCUT2D eigenvalue weighted by atomic mass is 16.1. The van der Waals surface area contributed by atoms with Crippen LogP contribution >= 0.6 is 0 Å². The topological polar surface area (TPSA) is 115 Å². The molecular formula is C41H59N7O. The predicted molar refractivity (Wildman–Crippen MR) is 202 cm³/mol. The Labute approximate surface area is 293 Å². The van der Waals surface area contributed by atoms with Crippen molar-refractivity contribution in [2.45, 2.75) is 122 Å². The zero-order valence-corrected chi connectivity index (χ0v) is 29.8. The third-order valence-corrected chi connectivity index (χ3v) is 11.0. The molecule has 4 aromatic rings. The van der Waals surface area contributed by atoms with E-state index < -0.39 is 0 Å². The number of fused-ring (bicyclic) bond motifs is 3. The van der Waals surface area contributed by atoms with Crippen molar-refractivity contribution in [2.75, 3.05) is 25.4 Å². The number of anilines is 1. The number of para-hydroxylation sites is 1. The molecule has 0 bridgehead atoms. The van der Waals surface area contributed by atoms with Crippen molar-refractivity contribution in [3.8, 4) is 0 Å². The van der Waals surface area contributed by atoms with Crippen molar-refractivity contribution in [1.82, 2.24) is 24.8 Å². The van der Waals surface area contributed by atoms with Crippen molar-refractivity contribution in [1.29, 1.82) is 0 Å². The summed E-state index contributed by atoms with van der Waals surface area (Å²) in [5.74, 6) is 2.88. The van der Waals surface area contributed by atoms with Gasteiger partial charge < -0.3 is 21.4 Å². The van der Waals surface area contributed by atoms with Crippen LogP contribution in [0, 0.1) is 11.8 Å². The van der Waals surface area contributed by atoms with Crippen molar-refractivity contribution in [2.24, 2.45) is 17.6 Å². The fourth-order valence-corrected chi connectivity index (χ4v) is 8.14. The molecular weight excluding hydrogens is 606 g/mol. The second kappa shape index (κ2) is 17.4. The molecule has 0 spiro atoms. The van der Waals surface area contributed by atoms with Gasteiger partial charge in [0.05, 0.1) is 17.5 Å². The number of aromatic nitrogens is 3. The first-order chi connectivity index (χ1) is 24.0. The number of unbranched alkanes of at least 4 members (excludes halogenated alkanes) is 1. The van der Waals surface area contributed by atoms with Gasteiger partial charge in [-0.15, -0.1) is 0 Å². The van der Waals surface area contributed by atoms with Crippen molar-refractivity contribution >= 4 is 33.7 Å². The molecule has 5 N–H and O–H groups in total. The molecule has 0 radical (unpaired) electrons. The number of nitrogens with two attached hydrogens (primary N) is 2. The Morgan fingerprint density at radius 1 is 0.878 bits per heavy atom. The minimum Gasteiger partial charge on any atom is -0.382 e. The van der Waals surface area contributed by atoms with E-state index in [0.29, 0.717) is 24.1 Å². The normalized spacial score (nSPS) is 20.4. The molecule has 2 fully saturated rings. The molecule has 2 aliphatic rings. The zero-order chi connectivity index (χ0) is 34.0. The smallest absolute Gasteiger partial charge is 0.224 e. The number of carbonyl (C=O) groups is 1. The monoisotopic (exact) mass is 665 g/mol. The molecule has 264 valence electrons. The highest BCUT2D eigenvalue weighted by molar-refractivity contribution is 6.06. The summed E-state index contributed by atoms with van der Waals surface area (Å²) in [4.78, 5) is 25.2. The molecule has 2 atom stereocenters. The van der Waals surface area contributed by atoms with Crippen LogP contribution < -0.4 is 16.8 Å². The van der Waals surface area contributed by atoms with Crippen LogP contribution in [0.4, 0.5) is 5.82 Å². The number of imidazole rings is 1. The van der Waals surface area contributed by atoms with E-state index in [4.69, 9.17) is 16.5 Å². The van der Waals surface area contributed by atoms with Crippen LogP contribution in [0.3, 0.4) is 0 Å². The predicted octanol–water partition coefficient (Wildman–Crippen LogP) is 7.55. The molecule has 49 heavy (non-hydrogen) atoms. The molecule has 1 saturated carbocycles. The molecule has 3 heterocycles. The van der Waals surface area contributed by atoms with Crippen molar-refractivity contribution in [3.05, 3.63) is 65.5 Å². The van der Waals surface area contributed by atoms with Gasteiger partial charge in [0.2, 0.25) is 5.91 Å². The van der Waals surface area contributed by atoms with Gasteiger partial charge in [0.15, 0.2) is 5.82 Å². The van der Waals surface area contributed by atoms with Gasteiger partial charge in [0.1, 0.15) is 11.3 Å². The maximum Gasteiger partial charge on any atom is 0.224 e. The van der Waals surface area contributed by atoms with Gasteiger partial charge in [0, 0.05) is 37.5 Å². The Morgan fingerprint density at radius 2 is 1.59 bits per heavy atom. The third-order valence-electron chi connectivity index (χ3n) is 11.0. The first-order valence-electron chi connectivity index (χ1n) is 19.3. The lowest BCUT2D eigenvalue weighted by Gasteiger charge is -2.32. The van der Waals surface area contributed by atoms with Crippen molar-refractivity contribution < 1.29 is 4.79 Å². The maximum absolute atomic E-state index is 12.9. The number of piperidine rings is 1.